The highest BCUT2D eigenvalue weighted by Crippen LogP contribution is 2.32. The molecule has 1 N–H and O–H groups in total. The van der Waals surface area contributed by atoms with Gasteiger partial charge in [0.05, 0.1) is 5.56 Å². The number of hydrogen-bond acceptors (Lipinski definition) is 4. The second-order valence-electron chi connectivity index (χ2n) is 5.84. The SMILES string of the molecule is Cc1cc(OC(C)c2c(F)cccc2F)c2nc(C)c(OC(=O)O)n2c1. The molecule has 1 unspecified atom stereocenters. The number of rotatable bonds is 4. The van der Waals surface area contributed by atoms with E-state index in [1.165, 1.54) is 17.4 Å². The fraction of sp³-hybridized carbons (Fsp3) is 0.222. The van der Waals surface area contributed by atoms with E-state index in [1.54, 1.807) is 26.1 Å². The average Bonchev–Trinajstić information content (AvgIpc) is 2.83. The molecule has 8 heteroatoms. The number of carbonyl (C=O) groups is 1. The molecule has 0 aliphatic carbocycles. The van der Waals surface area contributed by atoms with Gasteiger partial charge < -0.3 is 14.6 Å². The van der Waals surface area contributed by atoms with E-state index in [4.69, 9.17) is 14.6 Å². The maximum absolute atomic E-state index is 14.0. The Morgan fingerprint density at radius 2 is 1.92 bits per heavy atom. The van der Waals surface area contributed by atoms with Gasteiger partial charge in [-0.05, 0) is 44.5 Å². The first-order valence-electron chi connectivity index (χ1n) is 7.78. The van der Waals surface area contributed by atoms with Crippen molar-refractivity contribution in [1.82, 2.24) is 9.38 Å². The number of hydrogen-bond donors (Lipinski definition) is 1. The third-order valence-electron chi connectivity index (χ3n) is 3.84. The van der Waals surface area contributed by atoms with E-state index in [-0.39, 0.29) is 22.8 Å². The Kier molecular flexibility index (Phi) is 4.50. The minimum Gasteiger partial charge on any atom is -0.482 e. The lowest BCUT2D eigenvalue weighted by Crippen LogP contribution is -2.10. The van der Waals surface area contributed by atoms with Crippen LogP contribution >= 0.6 is 0 Å². The molecule has 0 spiro atoms. The number of pyridine rings is 1. The van der Waals surface area contributed by atoms with Crippen LogP contribution in [-0.4, -0.2) is 20.6 Å². The molecule has 136 valence electrons. The van der Waals surface area contributed by atoms with Crippen molar-refractivity contribution in [3.63, 3.8) is 0 Å². The lowest BCUT2D eigenvalue weighted by atomic mass is 10.1. The van der Waals surface area contributed by atoms with Crippen LogP contribution in [0.4, 0.5) is 13.6 Å². The Bertz CT molecular complexity index is 980. The van der Waals surface area contributed by atoms with Crippen LogP contribution in [0.2, 0.25) is 0 Å². The van der Waals surface area contributed by atoms with E-state index in [2.05, 4.69) is 4.98 Å². The highest BCUT2D eigenvalue weighted by Gasteiger charge is 2.21. The van der Waals surface area contributed by atoms with Gasteiger partial charge in [-0.2, -0.15) is 0 Å². The van der Waals surface area contributed by atoms with Gasteiger partial charge in [0.2, 0.25) is 5.88 Å². The second-order valence-corrected chi connectivity index (χ2v) is 5.84. The molecule has 2 heterocycles. The van der Waals surface area contributed by atoms with Crippen molar-refractivity contribution in [2.75, 3.05) is 0 Å². The van der Waals surface area contributed by atoms with Crippen LogP contribution in [-0.2, 0) is 0 Å². The molecule has 0 bridgehead atoms. The minimum absolute atomic E-state index is 0.0331. The third-order valence-corrected chi connectivity index (χ3v) is 3.84. The summed E-state index contributed by atoms with van der Waals surface area (Å²) in [7, 11) is 0. The second kappa shape index (κ2) is 6.62. The molecule has 3 rings (SSSR count). The van der Waals surface area contributed by atoms with E-state index in [9.17, 15) is 13.6 Å². The van der Waals surface area contributed by atoms with Crippen molar-refractivity contribution in [3.05, 3.63) is 58.9 Å². The number of fused-ring (bicyclic) bond motifs is 1. The van der Waals surface area contributed by atoms with Crippen LogP contribution in [0.25, 0.3) is 5.65 Å². The van der Waals surface area contributed by atoms with Gasteiger partial charge in [0.15, 0.2) is 11.4 Å². The third kappa shape index (κ3) is 3.17. The lowest BCUT2D eigenvalue weighted by molar-refractivity contribution is 0.141. The summed E-state index contributed by atoms with van der Waals surface area (Å²) in [5, 5.41) is 8.89. The van der Waals surface area contributed by atoms with E-state index in [0.29, 0.717) is 5.69 Å². The smallest absolute Gasteiger partial charge is 0.482 e. The zero-order chi connectivity index (χ0) is 19.0. The van der Waals surface area contributed by atoms with Crippen molar-refractivity contribution in [3.8, 4) is 11.6 Å². The minimum atomic E-state index is -1.47. The Morgan fingerprint density at radius 3 is 2.54 bits per heavy atom. The maximum Gasteiger partial charge on any atom is 0.512 e. The molecule has 0 fully saturated rings. The van der Waals surface area contributed by atoms with Gasteiger partial charge in [0.25, 0.3) is 0 Å². The number of carboxylic acid groups (broad SMARTS) is 1. The van der Waals surface area contributed by atoms with Crippen LogP contribution in [0.15, 0.2) is 30.5 Å². The summed E-state index contributed by atoms with van der Waals surface area (Å²) in [4.78, 5) is 15.2. The number of benzene rings is 1. The number of aryl methyl sites for hydroxylation is 2. The van der Waals surface area contributed by atoms with Crippen molar-refractivity contribution in [2.24, 2.45) is 0 Å². The highest BCUT2D eigenvalue weighted by atomic mass is 19.1. The van der Waals surface area contributed by atoms with Gasteiger partial charge in [0.1, 0.15) is 23.4 Å². The zero-order valence-corrected chi connectivity index (χ0v) is 14.3. The largest absolute Gasteiger partial charge is 0.512 e. The van der Waals surface area contributed by atoms with E-state index in [0.717, 1.165) is 17.7 Å². The average molecular weight is 362 g/mol. The molecule has 2 aromatic heterocycles. The van der Waals surface area contributed by atoms with Gasteiger partial charge >= 0.3 is 6.16 Å². The van der Waals surface area contributed by atoms with Crippen LogP contribution in [0.5, 0.6) is 11.6 Å². The van der Waals surface area contributed by atoms with Gasteiger partial charge in [-0.3, -0.25) is 4.40 Å². The predicted molar refractivity (Wildman–Crippen MR) is 88.7 cm³/mol. The molecule has 0 radical (unpaired) electrons. The monoisotopic (exact) mass is 362 g/mol. The number of nitrogens with zero attached hydrogens (tertiary/aromatic N) is 2. The number of ether oxygens (including phenoxy) is 2. The van der Waals surface area contributed by atoms with Gasteiger partial charge in [-0.25, -0.2) is 18.6 Å². The summed E-state index contributed by atoms with van der Waals surface area (Å²) >= 11 is 0. The van der Waals surface area contributed by atoms with Gasteiger partial charge in [0, 0.05) is 6.20 Å². The van der Waals surface area contributed by atoms with Crippen LogP contribution in [0.1, 0.15) is 29.8 Å². The van der Waals surface area contributed by atoms with E-state index in [1.807, 2.05) is 0 Å². The quantitative estimate of drug-likeness (QED) is 0.695. The molecule has 0 saturated heterocycles. The first-order chi connectivity index (χ1) is 12.3. The summed E-state index contributed by atoms with van der Waals surface area (Å²) in [6.45, 7) is 4.87. The molecule has 1 aromatic carbocycles. The summed E-state index contributed by atoms with van der Waals surface area (Å²) < 4.78 is 39.9. The number of aromatic nitrogens is 2. The Morgan fingerprint density at radius 1 is 1.27 bits per heavy atom. The zero-order valence-electron chi connectivity index (χ0n) is 14.3. The molecule has 0 amide bonds. The fourth-order valence-electron chi connectivity index (χ4n) is 2.78. The van der Waals surface area contributed by atoms with Crippen molar-refractivity contribution >= 4 is 11.8 Å². The molecular weight excluding hydrogens is 346 g/mol. The Hall–Kier alpha value is -3.16. The van der Waals surface area contributed by atoms with Gasteiger partial charge in [-0.1, -0.05) is 6.07 Å². The highest BCUT2D eigenvalue weighted by molar-refractivity contribution is 5.64. The van der Waals surface area contributed by atoms with Crippen molar-refractivity contribution in [2.45, 2.75) is 26.9 Å². The Balaban J connectivity index is 2.07. The Labute approximate surface area is 147 Å². The fourth-order valence-corrected chi connectivity index (χ4v) is 2.78. The van der Waals surface area contributed by atoms with E-state index < -0.39 is 23.9 Å². The van der Waals surface area contributed by atoms with Crippen molar-refractivity contribution < 1.29 is 28.2 Å². The normalized spacial score (nSPS) is 12.2. The number of imidazole rings is 1. The molecule has 3 aromatic rings. The summed E-state index contributed by atoms with van der Waals surface area (Å²) in [6, 6.07) is 5.24. The lowest BCUT2D eigenvalue weighted by Gasteiger charge is -2.17. The summed E-state index contributed by atoms with van der Waals surface area (Å²) in [5.41, 5.74) is 1.15. The number of halogens is 2. The molecule has 0 saturated carbocycles. The van der Waals surface area contributed by atoms with Crippen LogP contribution in [0, 0.1) is 25.5 Å². The molecule has 1 atom stereocenters. The van der Waals surface area contributed by atoms with Crippen molar-refractivity contribution in [1.29, 1.82) is 0 Å². The molecule has 0 aliphatic heterocycles. The summed E-state index contributed by atoms with van der Waals surface area (Å²) in [6.07, 6.45) is -0.766. The summed E-state index contributed by atoms with van der Waals surface area (Å²) in [5.74, 6) is -1.14. The molecule has 6 nitrogen and oxygen atoms in total. The van der Waals surface area contributed by atoms with Crippen LogP contribution < -0.4 is 9.47 Å². The topological polar surface area (TPSA) is 73.1 Å². The van der Waals surface area contributed by atoms with E-state index >= 15 is 0 Å². The first kappa shape index (κ1) is 17.7. The van der Waals surface area contributed by atoms with Crippen LogP contribution in [0.3, 0.4) is 0 Å². The molecular formula is C18H16F2N2O4. The first-order valence-corrected chi connectivity index (χ1v) is 7.78. The molecule has 0 aliphatic rings. The predicted octanol–water partition coefficient (Wildman–Crippen LogP) is 4.43. The maximum atomic E-state index is 14.0. The standard InChI is InChI=1S/C18H16F2N2O4/c1-9-7-14(25-11(3)15-12(19)5-4-6-13(15)20)16-21-10(2)17(22(16)8-9)26-18(23)24/h4-8,11H,1-3H3,(H,23,24). The molecule has 26 heavy (non-hydrogen) atoms. The van der Waals surface area contributed by atoms with Gasteiger partial charge in [-0.15, -0.1) is 0 Å².